The molecule has 0 aliphatic heterocycles. The largest absolute Gasteiger partial charge is 0.495 e. The van der Waals surface area contributed by atoms with Crippen LogP contribution < -0.4 is 10.1 Å². The maximum absolute atomic E-state index is 6.07. The summed E-state index contributed by atoms with van der Waals surface area (Å²) in [5.74, 6) is 1.64. The van der Waals surface area contributed by atoms with Crippen molar-refractivity contribution in [2.24, 2.45) is 5.92 Å². The van der Waals surface area contributed by atoms with Crippen molar-refractivity contribution in [2.45, 2.75) is 32.7 Å². The van der Waals surface area contributed by atoms with Crippen LogP contribution in [0.4, 0.5) is 5.69 Å². The number of rotatable bonds is 4. The Hall–Kier alpha value is -0.890. The fourth-order valence-electron chi connectivity index (χ4n) is 1.90. The molecule has 1 unspecified atom stereocenters. The van der Waals surface area contributed by atoms with Crippen LogP contribution in [0, 0.1) is 12.8 Å². The van der Waals surface area contributed by atoms with Crippen LogP contribution in [-0.2, 0) is 0 Å². The molecule has 2 rings (SSSR count). The lowest BCUT2D eigenvalue weighted by atomic mass is 10.1. The highest BCUT2D eigenvalue weighted by molar-refractivity contribution is 6.31. The lowest BCUT2D eigenvalue weighted by molar-refractivity contribution is 0.415. The molecule has 0 aromatic heterocycles. The van der Waals surface area contributed by atoms with Crippen LogP contribution in [0.1, 0.15) is 25.3 Å². The molecule has 1 aromatic rings. The van der Waals surface area contributed by atoms with E-state index >= 15 is 0 Å². The predicted molar refractivity (Wildman–Crippen MR) is 68.5 cm³/mol. The molecule has 88 valence electrons. The predicted octanol–water partition coefficient (Wildman–Crippen LogP) is 3.87. The Bertz CT molecular complexity index is 388. The minimum absolute atomic E-state index is 0.509. The van der Waals surface area contributed by atoms with Crippen molar-refractivity contribution in [2.75, 3.05) is 12.4 Å². The zero-order valence-electron chi connectivity index (χ0n) is 10.0. The number of benzene rings is 1. The van der Waals surface area contributed by atoms with E-state index < -0.39 is 0 Å². The van der Waals surface area contributed by atoms with Crippen molar-refractivity contribution in [3.63, 3.8) is 0 Å². The van der Waals surface area contributed by atoms with Gasteiger partial charge in [0.2, 0.25) is 0 Å². The molecule has 2 nitrogen and oxygen atoms in total. The van der Waals surface area contributed by atoms with Crippen LogP contribution in [0.25, 0.3) is 0 Å². The van der Waals surface area contributed by atoms with Gasteiger partial charge in [0.05, 0.1) is 12.8 Å². The van der Waals surface area contributed by atoms with Crippen LogP contribution in [0.3, 0.4) is 0 Å². The molecule has 1 atom stereocenters. The van der Waals surface area contributed by atoms with E-state index in [4.69, 9.17) is 16.3 Å². The van der Waals surface area contributed by atoms with Gasteiger partial charge >= 0.3 is 0 Å². The second kappa shape index (κ2) is 4.54. The molecule has 0 spiro atoms. The van der Waals surface area contributed by atoms with E-state index in [1.807, 2.05) is 13.0 Å². The Morgan fingerprint density at radius 1 is 1.44 bits per heavy atom. The molecule has 1 aliphatic carbocycles. The number of hydrogen-bond donors (Lipinski definition) is 1. The number of nitrogens with one attached hydrogen (secondary N) is 1. The summed E-state index contributed by atoms with van der Waals surface area (Å²) in [5.41, 5.74) is 2.12. The van der Waals surface area contributed by atoms with E-state index in [0.29, 0.717) is 6.04 Å². The van der Waals surface area contributed by atoms with Crippen LogP contribution in [0.5, 0.6) is 5.75 Å². The van der Waals surface area contributed by atoms with Gasteiger partial charge in [-0.15, -0.1) is 0 Å². The van der Waals surface area contributed by atoms with E-state index in [-0.39, 0.29) is 0 Å². The molecule has 1 N–H and O–H groups in total. The number of anilines is 1. The van der Waals surface area contributed by atoms with Crippen molar-refractivity contribution in [1.82, 2.24) is 0 Å². The average molecular weight is 240 g/mol. The van der Waals surface area contributed by atoms with Crippen molar-refractivity contribution in [3.05, 3.63) is 22.7 Å². The maximum atomic E-state index is 6.07. The van der Waals surface area contributed by atoms with Crippen molar-refractivity contribution < 1.29 is 4.74 Å². The smallest absolute Gasteiger partial charge is 0.143 e. The second-order valence-electron chi connectivity index (χ2n) is 4.57. The minimum Gasteiger partial charge on any atom is -0.495 e. The topological polar surface area (TPSA) is 21.3 Å². The molecule has 1 fully saturated rings. The molecule has 16 heavy (non-hydrogen) atoms. The summed E-state index contributed by atoms with van der Waals surface area (Å²) in [6.45, 7) is 4.23. The van der Waals surface area contributed by atoms with Gasteiger partial charge in [0.15, 0.2) is 0 Å². The minimum atomic E-state index is 0.509. The molecule has 0 bridgehead atoms. The summed E-state index contributed by atoms with van der Waals surface area (Å²) in [5, 5.41) is 4.26. The fourth-order valence-corrected chi connectivity index (χ4v) is 2.06. The number of ether oxygens (including phenoxy) is 1. The summed E-state index contributed by atoms with van der Waals surface area (Å²) in [7, 11) is 1.67. The molecule has 1 aromatic carbocycles. The molecule has 0 saturated heterocycles. The van der Waals surface area contributed by atoms with Crippen molar-refractivity contribution in [1.29, 1.82) is 0 Å². The lowest BCUT2D eigenvalue weighted by Gasteiger charge is -2.18. The Balaban J connectivity index is 2.20. The van der Waals surface area contributed by atoms with E-state index in [2.05, 4.69) is 18.3 Å². The van der Waals surface area contributed by atoms with Crippen LogP contribution >= 0.6 is 11.6 Å². The molecule has 1 saturated carbocycles. The molecule has 3 heteroatoms. The number of aryl methyl sites for hydroxylation is 1. The summed E-state index contributed by atoms with van der Waals surface area (Å²) >= 11 is 6.07. The van der Waals surface area contributed by atoms with E-state index in [1.165, 1.54) is 12.8 Å². The summed E-state index contributed by atoms with van der Waals surface area (Å²) < 4.78 is 5.34. The highest BCUT2D eigenvalue weighted by Crippen LogP contribution is 2.37. The first-order valence-corrected chi connectivity index (χ1v) is 6.10. The van der Waals surface area contributed by atoms with Gasteiger partial charge in [-0.2, -0.15) is 0 Å². The van der Waals surface area contributed by atoms with E-state index in [0.717, 1.165) is 27.9 Å². The van der Waals surface area contributed by atoms with Crippen molar-refractivity contribution in [3.8, 4) is 5.75 Å². The molecule has 0 heterocycles. The Morgan fingerprint density at radius 3 is 2.69 bits per heavy atom. The number of hydrogen-bond acceptors (Lipinski definition) is 2. The van der Waals surface area contributed by atoms with Gasteiger partial charge in [-0.1, -0.05) is 11.6 Å². The second-order valence-corrected chi connectivity index (χ2v) is 4.98. The lowest BCUT2D eigenvalue weighted by Crippen LogP contribution is -2.17. The number of methoxy groups -OCH3 is 1. The highest BCUT2D eigenvalue weighted by Gasteiger charge is 2.28. The molecular weight excluding hydrogens is 222 g/mol. The zero-order chi connectivity index (χ0) is 11.7. The Kier molecular flexibility index (Phi) is 3.29. The van der Waals surface area contributed by atoms with Gasteiger partial charge in [-0.3, -0.25) is 0 Å². The van der Waals surface area contributed by atoms with E-state index in [9.17, 15) is 0 Å². The Morgan fingerprint density at radius 2 is 2.12 bits per heavy atom. The van der Waals surface area contributed by atoms with Gasteiger partial charge in [0, 0.05) is 17.1 Å². The summed E-state index contributed by atoms with van der Waals surface area (Å²) in [6, 6.07) is 4.44. The maximum Gasteiger partial charge on any atom is 0.143 e. The first-order valence-electron chi connectivity index (χ1n) is 5.72. The van der Waals surface area contributed by atoms with Gasteiger partial charge < -0.3 is 10.1 Å². The third-order valence-electron chi connectivity index (χ3n) is 3.19. The Labute approximate surface area is 102 Å². The quantitative estimate of drug-likeness (QED) is 0.861. The molecule has 0 radical (unpaired) electrons. The van der Waals surface area contributed by atoms with Crippen molar-refractivity contribution >= 4 is 17.3 Å². The zero-order valence-corrected chi connectivity index (χ0v) is 10.8. The van der Waals surface area contributed by atoms with Crippen LogP contribution in [0.2, 0.25) is 5.02 Å². The third kappa shape index (κ3) is 2.43. The average Bonchev–Trinajstić information content (AvgIpc) is 3.06. The number of halogens is 1. The van der Waals surface area contributed by atoms with Gasteiger partial charge in [0.25, 0.3) is 0 Å². The fraction of sp³-hybridized carbons (Fsp3) is 0.538. The summed E-state index contributed by atoms with van der Waals surface area (Å²) in [6.07, 6.45) is 2.67. The molecule has 1 aliphatic rings. The monoisotopic (exact) mass is 239 g/mol. The third-order valence-corrected chi connectivity index (χ3v) is 3.60. The molecular formula is C13H18ClNO. The first kappa shape index (κ1) is 11.6. The molecule has 0 amide bonds. The van der Waals surface area contributed by atoms with E-state index in [1.54, 1.807) is 7.11 Å². The first-order chi connectivity index (χ1) is 7.61. The summed E-state index contributed by atoms with van der Waals surface area (Å²) in [4.78, 5) is 0. The highest BCUT2D eigenvalue weighted by atomic mass is 35.5. The standard InChI is InChI=1S/C13H18ClNO/c1-8-6-12(13(16-3)7-11(8)14)15-9(2)10-4-5-10/h6-7,9-10,15H,4-5H2,1-3H3. The van der Waals surface area contributed by atoms with Crippen LogP contribution in [0.15, 0.2) is 12.1 Å². The van der Waals surface area contributed by atoms with Crippen LogP contribution in [-0.4, -0.2) is 13.2 Å². The van der Waals surface area contributed by atoms with Gasteiger partial charge in [-0.25, -0.2) is 0 Å². The normalized spacial score (nSPS) is 17.0. The SMILES string of the molecule is COc1cc(Cl)c(C)cc1NC(C)C1CC1. The van der Waals surface area contributed by atoms with Gasteiger partial charge in [-0.05, 0) is 44.2 Å². The van der Waals surface area contributed by atoms with Gasteiger partial charge in [0.1, 0.15) is 5.75 Å².